The predicted octanol–water partition coefficient (Wildman–Crippen LogP) is 5.33. The molecule has 27 heavy (non-hydrogen) atoms. The Labute approximate surface area is 158 Å². The molecule has 1 amide bonds. The van der Waals surface area contributed by atoms with Gasteiger partial charge in [0.2, 0.25) is 0 Å². The third-order valence-corrected chi connectivity index (χ3v) is 3.91. The lowest BCUT2D eigenvalue weighted by molar-refractivity contribution is -0.112. The molecular formula is C23H18N2O2. The van der Waals surface area contributed by atoms with Crippen LogP contribution >= 0.6 is 0 Å². The summed E-state index contributed by atoms with van der Waals surface area (Å²) in [6.45, 7) is 1.90. The largest absolute Gasteiger partial charge is 0.457 e. The third kappa shape index (κ3) is 4.83. The number of amides is 1. The summed E-state index contributed by atoms with van der Waals surface area (Å²) >= 11 is 0. The number of hydrogen-bond donors (Lipinski definition) is 1. The SMILES string of the molecule is Cc1ccccc1NC(=O)/C(C#N)=C\c1cccc(Oc2ccccc2)c1. The Morgan fingerprint density at radius 1 is 0.963 bits per heavy atom. The van der Waals surface area contributed by atoms with Crippen LogP contribution in [-0.4, -0.2) is 5.91 Å². The minimum atomic E-state index is -0.443. The fourth-order valence-electron chi connectivity index (χ4n) is 2.51. The van der Waals surface area contributed by atoms with Gasteiger partial charge in [-0.1, -0.05) is 48.5 Å². The summed E-state index contributed by atoms with van der Waals surface area (Å²) in [5, 5.41) is 12.2. The first-order valence-electron chi connectivity index (χ1n) is 8.47. The minimum absolute atomic E-state index is 0.0233. The molecule has 0 spiro atoms. The second-order valence-electron chi connectivity index (χ2n) is 5.93. The van der Waals surface area contributed by atoms with Gasteiger partial charge in [-0.25, -0.2) is 0 Å². The number of nitrogens with one attached hydrogen (secondary N) is 1. The fraction of sp³-hybridized carbons (Fsp3) is 0.0435. The number of carbonyl (C=O) groups is 1. The van der Waals surface area contributed by atoms with Crippen LogP contribution in [0, 0.1) is 18.3 Å². The summed E-state index contributed by atoms with van der Waals surface area (Å²) in [4.78, 5) is 12.4. The van der Waals surface area contributed by atoms with Crippen LogP contribution in [0.25, 0.3) is 6.08 Å². The van der Waals surface area contributed by atoms with Crippen LogP contribution in [-0.2, 0) is 4.79 Å². The average Bonchev–Trinajstić information content (AvgIpc) is 2.69. The Balaban J connectivity index is 1.79. The number of rotatable bonds is 5. The molecule has 0 bridgehead atoms. The lowest BCUT2D eigenvalue weighted by atomic mass is 10.1. The van der Waals surface area contributed by atoms with Crippen molar-refractivity contribution in [2.45, 2.75) is 6.92 Å². The quantitative estimate of drug-likeness (QED) is 0.497. The van der Waals surface area contributed by atoms with Gasteiger partial charge >= 0.3 is 0 Å². The van der Waals surface area contributed by atoms with E-state index in [0.717, 1.165) is 11.3 Å². The maximum atomic E-state index is 12.4. The van der Waals surface area contributed by atoms with Gasteiger partial charge in [-0.3, -0.25) is 4.79 Å². The number of aryl methyl sites for hydroxylation is 1. The molecule has 132 valence electrons. The molecule has 0 heterocycles. The molecular weight excluding hydrogens is 336 g/mol. The molecule has 0 aromatic heterocycles. The highest BCUT2D eigenvalue weighted by atomic mass is 16.5. The van der Waals surface area contributed by atoms with Crippen molar-refractivity contribution in [1.82, 2.24) is 0 Å². The van der Waals surface area contributed by atoms with Gasteiger partial charge in [0.1, 0.15) is 23.1 Å². The van der Waals surface area contributed by atoms with Crippen molar-refractivity contribution in [3.8, 4) is 17.6 Å². The Kier molecular flexibility index (Phi) is 5.66. The summed E-state index contributed by atoms with van der Waals surface area (Å²) in [6, 6.07) is 26.1. The van der Waals surface area contributed by atoms with E-state index in [4.69, 9.17) is 4.74 Å². The van der Waals surface area contributed by atoms with Crippen molar-refractivity contribution in [2.75, 3.05) is 5.32 Å². The number of nitriles is 1. The second-order valence-corrected chi connectivity index (χ2v) is 5.93. The monoisotopic (exact) mass is 354 g/mol. The van der Waals surface area contributed by atoms with Gasteiger partial charge in [0.25, 0.3) is 5.91 Å². The normalized spacial score (nSPS) is 10.7. The molecule has 0 aliphatic carbocycles. The van der Waals surface area contributed by atoms with E-state index in [9.17, 15) is 10.1 Å². The molecule has 0 aliphatic heterocycles. The van der Waals surface area contributed by atoms with Gasteiger partial charge in [-0.05, 0) is 54.5 Å². The van der Waals surface area contributed by atoms with Crippen LogP contribution in [0.3, 0.4) is 0 Å². The number of benzene rings is 3. The van der Waals surface area contributed by atoms with Crippen LogP contribution in [0.5, 0.6) is 11.5 Å². The molecule has 4 nitrogen and oxygen atoms in total. The maximum absolute atomic E-state index is 12.4. The van der Waals surface area contributed by atoms with Crippen molar-refractivity contribution in [1.29, 1.82) is 5.26 Å². The number of para-hydroxylation sites is 2. The molecule has 0 atom stereocenters. The van der Waals surface area contributed by atoms with Crippen LogP contribution in [0.15, 0.2) is 84.4 Å². The summed E-state index contributed by atoms with van der Waals surface area (Å²) in [5.74, 6) is 0.907. The molecule has 0 saturated heterocycles. The van der Waals surface area contributed by atoms with E-state index in [0.29, 0.717) is 17.0 Å². The van der Waals surface area contributed by atoms with Crippen molar-refractivity contribution >= 4 is 17.7 Å². The van der Waals surface area contributed by atoms with Gasteiger partial charge in [0.15, 0.2) is 0 Å². The molecule has 0 fully saturated rings. The summed E-state index contributed by atoms with van der Waals surface area (Å²) in [7, 11) is 0. The first-order chi connectivity index (χ1) is 13.2. The lowest BCUT2D eigenvalue weighted by Crippen LogP contribution is -2.14. The van der Waals surface area contributed by atoms with Gasteiger partial charge < -0.3 is 10.1 Å². The van der Waals surface area contributed by atoms with Crippen molar-refractivity contribution < 1.29 is 9.53 Å². The number of anilines is 1. The zero-order valence-corrected chi connectivity index (χ0v) is 14.8. The van der Waals surface area contributed by atoms with E-state index in [1.807, 2.05) is 79.7 Å². The molecule has 3 aromatic rings. The Morgan fingerprint density at radius 2 is 1.67 bits per heavy atom. The van der Waals surface area contributed by atoms with E-state index in [-0.39, 0.29) is 5.57 Å². The highest BCUT2D eigenvalue weighted by Gasteiger charge is 2.11. The Morgan fingerprint density at radius 3 is 2.41 bits per heavy atom. The number of ether oxygens (including phenoxy) is 1. The van der Waals surface area contributed by atoms with Crippen LogP contribution in [0.4, 0.5) is 5.69 Å². The number of carbonyl (C=O) groups excluding carboxylic acids is 1. The first kappa shape index (κ1) is 18.0. The van der Waals surface area contributed by atoms with Gasteiger partial charge in [-0.15, -0.1) is 0 Å². The van der Waals surface area contributed by atoms with E-state index in [2.05, 4.69) is 5.32 Å². The molecule has 0 aliphatic rings. The molecule has 0 saturated carbocycles. The van der Waals surface area contributed by atoms with E-state index < -0.39 is 5.91 Å². The number of nitrogens with zero attached hydrogens (tertiary/aromatic N) is 1. The molecule has 0 radical (unpaired) electrons. The average molecular weight is 354 g/mol. The fourth-order valence-corrected chi connectivity index (χ4v) is 2.51. The lowest BCUT2D eigenvalue weighted by Gasteiger charge is -2.08. The molecule has 3 aromatic carbocycles. The van der Waals surface area contributed by atoms with E-state index in [1.54, 1.807) is 18.2 Å². The van der Waals surface area contributed by atoms with Gasteiger partial charge in [0.05, 0.1) is 0 Å². The van der Waals surface area contributed by atoms with Crippen LogP contribution in [0.1, 0.15) is 11.1 Å². The molecule has 4 heteroatoms. The third-order valence-electron chi connectivity index (χ3n) is 3.91. The van der Waals surface area contributed by atoms with Crippen LogP contribution < -0.4 is 10.1 Å². The Hall–Kier alpha value is -3.84. The standard InChI is InChI=1S/C23H18N2O2/c1-17-8-5-6-13-22(17)25-23(26)19(16-24)14-18-9-7-12-21(15-18)27-20-10-3-2-4-11-20/h2-15H,1H3,(H,25,26)/b19-14-. The van der Waals surface area contributed by atoms with Gasteiger partial charge in [0, 0.05) is 5.69 Å². The smallest absolute Gasteiger partial charge is 0.266 e. The molecule has 1 N–H and O–H groups in total. The molecule has 0 unspecified atom stereocenters. The summed E-state index contributed by atoms with van der Waals surface area (Å²) in [5.41, 5.74) is 2.35. The van der Waals surface area contributed by atoms with Gasteiger partial charge in [-0.2, -0.15) is 5.26 Å². The Bertz CT molecular complexity index is 1020. The number of hydrogen-bond acceptors (Lipinski definition) is 3. The topological polar surface area (TPSA) is 62.1 Å². The second kappa shape index (κ2) is 8.50. The zero-order valence-electron chi connectivity index (χ0n) is 14.8. The van der Waals surface area contributed by atoms with E-state index >= 15 is 0 Å². The summed E-state index contributed by atoms with van der Waals surface area (Å²) in [6.07, 6.45) is 1.55. The summed E-state index contributed by atoms with van der Waals surface area (Å²) < 4.78 is 5.79. The highest BCUT2D eigenvalue weighted by molar-refractivity contribution is 6.09. The minimum Gasteiger partial charge on any atom is -0.457 e. The van der Waals surface area contributed by atoms with Crippen molar-refractivity contribution in [3.63, 3.8) is 0 Å². The van der Waals surface area contributed by atoms with Crippen molar-refractivity contribution in [3.05, 3.63) is 95.6 Å². The maximum Gasteiger partial charge on any atom is 0.266 e. The zero-order chi connectivity index (χ0) is 19.1. The predicted molar refractivity (Wildman–Crippen MR) is 106 cm³/mol. The van der Waals surface area contributed by atoms with E-state index in [1.165, 1.54) is 0 Å². The molecule has 3 rings (SSSR count). The van der Waals surface area contributed by atoms with Crippen molar-refractivity contribution in [2.24, 2.45) is 0 Å². The first-order valence-corrected chi connectivity index (χ1v) is 8.47. The highest BCUT2D eigenvalue weighted by Crippen LogP contribution is 2.23. The van der Waals surface area contributed by atoms with Crippen LogP contribution in [0.2, 0.25) is 0 Å².